The molecular weight excluding hydrogens is 448 g/mol. The van der Waals surface area contributed by atoms with Crippen LogP contribution in [-0.4, -0.2) is 55.6 Å². The van der Waals surface area contributed by atoms with Gasteiger partial charge in [-0.3, -0.25) is 9.59 Å². The van der Waals surface area contributed by atoms with E-state index in [0.29, 0.717) is 54.6 Å². The lowest BCUT2D eigenvalue weighted by Gasteiger charge is -2.34. The molecule has 3 aromatic carbocycles. The highest BCUT2D eigenvalue weighted by Crippen LogP contribution is 2.39. The average molecular weight is 475 g/mol. The molecule has 8 heteroatoms. The van der Waals surface area contributed by atoms with Crippen molar-refractivity contribution in [2.75, 3.05) is 42.6 Å². The minimum absolute atomic E-state index is 0.0386. The highest BCUT2D eigenvalue weighted by Gasteiger charge is 2.24. The van der Waals surface area contributed by atoms with E-state index in [2.05, 4.69) is 4.90 Å². The van der Waals surface area contributed by atoms with E-state index in [0.717, 1.165) is 5.69 Å². The van der Waals surface area contributed by atoms with Gasteiger partial charge >= 0.3 is 5.97 Å². The fourth-order valence-electron chi connectivity index (χ4n) is 3.94. The number of rotatable bonds is 9. The van der Waals surface area contributed by atoms with E-state index in [4.69, 9.17) is 14.6 Å². The molecule has 35 heavy (non-hydrogen) atoms. The number of anilines is 2. The normalized spacial score (nSPS) is 12.3. The Kier molecular flexibility index (Phi) is 7.30. The second-order valence-electron chi connectivity index (χ2n) is 8.05. The Hall–Kier alpha value is -4.33. The highest BCUT2D eigenvalue weighted by molar-refractivity contribution is 6.06. The van der Waals surface area contributed by atoms with Gasteiger partial charge < -0.3 is 24.4 Å². The summed E-state index contributed by atoms with van der Waals surface area (Å²) in [6, 6.07) is 21.4. The molecule has 0 aromatic heterocycles. The number of ketones is 1. The van der Waals surface area contributed by atoms with E-state index in [-0.39, 0.29) is 11.7 Å². The number of Topliss-reactive ketones (excluding diaryl/α,β-unsaturated/α-hetero) is 1. The molecule has 4 rings (SSSR count). The van der Waals surface area contributed by atoms with Crippen LogP contribution in [0.15, 0.2) is 72.8 Å². The number of hydrogen-bond acceptors (Lipinski definition) is 6. The Balaban J connectivity index is 1.58. The first-order chi connectivity index (χ1) is 16.9. The molecule has 0 unspecified atom stereocenters. The quantitative estimate of drug-likeness (QED) is 0.470. The van der Waals surface area contributed by atoms with Gasteiger partial charge in [0.2, 0.25) is 0 Å². The topological polar surface area (TPSA) is 96.4 Å². The van der Waals surface area contributed by atoms with E-state index in [1.165, 1.54) is 6.92 Å². The average Bonchev–Trinajstić information content (AvgIpc) is 2.88. The summed E-state index contributed by atoms with van der Waals surface area (Å²) >= 11 is 0. The number of carboxylic acids is 1. The zero-order chi connectivity index (χ0) is 24.8. The van der Waals surface area contributed by atoms with Gasteiger partial charge in [-0.1, -0.05) is 24.3 Å². The predicted octanol–water partition coefficient (Wildman–Crippen LogP) is 3.90. The van der Waals surface area contributed by atoms with Gasteiger partial charge in [-0.25, -0.2) is 4.79 Å². The van der Waals surface area contributed by atoms with E-state index < -0.39 is 12.6 Å². The molecule has 0 saturated carbocycles. The number of carbonyl (C=O) groups is 3. The third kappa shape index (κ3) is 5.60. The number of nitrogens with zero attached hydrogens (tertiary/aromatic N) is 2. The summed E-state index contributed by atoms with van der Waals surface area (Å²) in [6.07, 6.45) is 0. The third-order valence-electron chi connectivity index (χ3n) is 5.70. The molecule has 0 aliphatic carbocycles. The maximum absolute atomic E-state index is 13.4. The molecule has 1 N–H and O–H groups in total. The summed E-state index contributed by atoms with van der Waals surface area (Å²) in [5.74, 6) is -0.393. The van der Waals surface area contributed by atoms with Crippen LogP contribution in [-0.2, 0) is 4.79 Å². The van der Waals surface area contributed by atoms with E-state index >= 15 is 0 Å². The predicted molar refractivity (Wildman–Crippen MR) is 132 cm³/mol. The minimum atomic E-state index is -1.07. The molecule has 180 valence electrons. The van der Waals surface area contributed by atoms with E-state index in [1.54, 1.807) is 53.4 Å². The largest absolute Gasteiger partial charge is 0.486 e. The van der Waals surface area contributed by atoms with Crippen molar-refractivity contribution in [3.63, 3.8) is 0 Å². The molecule has 8 nitrogen and oxygen atoms in total. The number of amides is 1. The number of ether oxygens (including phenoxy) is 2. The van der Waals surface area contributed by atoms with Crippen molar-refractivity contribution >= 4 is 29.0 Å². The van der Waals surface area contributed by atoms with Gasteiger partial charge in [-0.2, -0.15) is 0 Å². The number of carbonyl (C=O) groups excluding carboxylic acids is 2. The summed E-state index contributed by atoms with van der Waals surface area (Å²) in [6.45, 7) is 2.94. The lowest BCUT2D eigenvalue weighted by atomic mass is 10.1. The number of hydrogen-bond donors (Lipinski definition) is 1. The number of para-hydroxylation sites is 1. The summed E-state index contributed by atoms with van der Waals surface area (Å²) < 4.78 is 11.2. The van der Waals surface area contributed by atoms with Crippen LogP contribution in [0.1, 0.15) is 27.6 Å². The molecule has 1 amide bonds. The van der Waals surface area contributed by atoms with E-state index in [9.17, 15) is 14.4 Å². The second kappa shape index (κ2) is 10.7. The fourth-order valence-corrected chi connectivity index (χ4v) is 3.94. The Morgan fingerprint density at radius 2 is 1.71 bits per heavy atom. The molecule has 1 aliphatic heterocycles. The molecule has 0 radical (unpaired) electrons. The van der Waals surface area contributed by atoms with Crippen molar-refractivity contribution < 1.29 is 29.0 Å². The Labute approximate surface area is 203 Å². The van der Waals surface area contributed by atoms with Crippen LogP contribution in [0, 0.1) is 0 Å². The van der Waals surface area contributed by atoms with Crippen molar-refractivity contribution in [3.8, 4) is 11.5 Å². The fraction of sp³-hybridized carbons (Fsp3) is 0.222. The van der Waals surface area contributed by atoms with Gasteiger partial charge in [0.1, 0.15) is 6.61 Å². The van der Waals surface area contributed by atoms with Gasteiger partial charge in [0, 0.05) is 29.9 Å². The van der Waals surface area contributed by atoms with Crippen molar-refractivity contribution in [1.82, 2.24) is 0 Å². The summed E-state index contributed by atoms with van der Waals surface area (Å²) in [7, 11) is 0. The minimum Gasteiger partial charge on any atom is -0.486 e. The molecule has 0 spiro atoms. The molecule has 0 bridgehead atoms. The van der Waals surface area contributed by atoms with Crippen LogP contribution < -0.4 is 19.3 Å². The van der Waals surface area contributed by atoms with Gasteiger partial charge in [0.05, 0.1) is 12.2 Å². The first kappa shape index (κ1) is 23.8. The van der Waals surface area contributed by atoms with Crippen LogP contribution in [0.25, 0.3) is 0 Å². The first-order valence-corrected chi connectivity index (χ1v) is 11.3. The second-order valence-corrected chi connectivity index (χ2v) is 8.05. The Morgan fingerprint density at radius 1 is 0.971 bits per heavy atom. The highest BCUT2D eigenvalue weighted by atomic mass is 16.5. The third-order valence-corrected chi connectivity index (χ3v) is 5.70. The Bertz CT molecular complexity index is 1210. The molecular formula is C27H26N2O6. The number of carboxylic acid groups (broad SMARTS) is 1. The van der Waals surface area contributed by atoms with Crippen LogP contribution >= 0.6 is 0 Å². The Morgan fingerprint density at radius 3 is 2.40 bits per heavy atom. The smallest absolute Gasteiger partial charge is 0.341 e. The van der Waals surface area contributed by atoms with Crippen LogP contribution in [0.4, 0.5) is 11.4 Å². The lowest BCUT2D eigenvalue weighted by molar-refractivity contribution is -0.139. The number of aliphatic carboxylic acids is 1. The van der Waals surface area contributed by atoms with Crippen molar-refractivity contribution in [2.24, 2.45) is 0 Å². The van der Waals surface area contributed by atoms with Gasteiger partial charge in [-0.05, 0) is 55.5 Å². The molecule has 1 aliphatic rings. The monoisotopic (exact) mass is 474 g/mol. The molecule has 0 saturated heterocycles. The molecule has 0 fully saturated rings. The van der Waals surface area contributed by atoms with Crippen molar-refractivity contribution in [3.05, 3.63) is 83.9 Å². The van der Waals surface area contributed by atoms with Crippen molar-refractivity contribution in [2.45, 2.75) is 6.92 Å². The summed E-state index contributed by atoms with van der Waals surface area (Å²) in [4.78, 5) is 39.8. The standard InChI is InChI=1S/C27H26N2O6/c1-19(30)20-10-12-22(13-11-20)29(27(33)21-6-3-2-4-7-21)15-14-28-16-17-34-26-23(28)8-5-9-24(26)35-18-25(31)32/h2-13H,14-18H2,1H3,(H,31,32). The van der Waals surface area contributed by atoms with Crippen molar-refractivity contribution in [1.29, 1.82) is 0 Å². The zero-order valence-electron chi connectivity index (χ0n) is 19.3. The van der Waals surface area contributed by atoms with Crippen LogP contribution in [0.5, 0.6) is 11.5 Å². The van der Waals surface area contributed by atoms with Crippen LogP contribution in [0.2, 0.25) is 0 Å². The number of fused-ring (bicyclic) bond motifs is 1. The van der Waals surface area contributed by atoms with E-state index in [1.807, 2.05) is 24.3 Å². The van der Waals surface area contributed by atoms with Gasteiger partial charge in [0.25, 0.3) is 5.91 Å². The molecule has 1 heterocycles. The van der Waals surface area contributed by atoms with Crippen LogP contribution in [0.3, 0.4) is 0 Å². The maximum Gasteiger partial charge on any atom is 0.341 e. The van der Waals surface area contributed by atoms with Gasteiger partial charge in [0.15, 0.2) is 23.9 Å². The number of benzene rings is 3. The first-order valence-electron chi connectivity index (χ1n) is 11.3. The van der Waals surface area contributed by atoms with Gasteiger partial charge in [-0.15, -0.1) is 0 Å². The molecule has 3 aromatic rings. The summed E-state index contributed by atoms with van der Waals surface area (Å²) in [5.41, 5.74) is 2.61. The maximum atomic E-state index is 13.4. The summed E-state index contributed by atoms with van der Waals surface area (Å²) in [5, 5.41) is 8.95. The molecule has 0 atom stereocenters. The SMILES string of the molecule is CC(=O)c1ccc(N(CCN2CCOc3c(OCC(=O)O)cccc32)C(=O)c2ccccc2)cc1. The zero-order valence-corrected chi connectivity index (χ0v) is 19.3. The lowest BCUT2D eigenvalue weighted by Crippen LogP contribution is -2.41.